The minimum Gasteiger partial charge on any atom is -0.332 e. The summed E-state index contributed by atoms with van der Waals surface area (Å²) in [7, 11) is 0. The number of imidazole rings is 1. The maximum absolute atomic E-state index is 13.3. The summed E-state index contributed by atoms with van der Waals surface area (Å²) >= 11 is 0. The average Bonchev–Trinajstić information content (AvgIpc) is 2.99. The molecule has 3 rings (SSSR count). The van der Waals surface area contributed by atoms with Crippen molar-refractivity contribution in [2.24, 2.45) is 11.1 Å². The molecule has 0 saturated carbocycles. The van der Waals surface area contributed by atoms with E-state index in [-0.39, 0.29) is 6.54 Å². The lowest BCUT2D eigenvalue weighted by molar-refractivity contribution is -0.204. The highest BCUT2D eigenvalue weighted by atomic mass is 19.4. The summed E-state index contributed by atoms with van der Waals surface area (Å²) in [5.74, 6) is -2.93. The van der Waals surface area contributed by atoms with Crippen LogP contribution in [0.2, 0.25) is 0 Å². The van der Waals surface area contributed by atoms with E-state index in [1.807, 2.05) is 0 Å². The van der Waals surface area contributed by atoms with Gasteiger partial charge in [0.1, 0.15) is 0 Å². The van der Waals surface area contributed by atoms with Crippen molar-refractivity contribution in [3.05, 3.63) is 29.7 Å². The van der Waals surface area contributed by atoms with Crippen LogP contribution in [0.3, 0.4) is 0 Å². The number of halogens is 5. The summed E-state index contributed by atoms with van der Waals surface area (Å²) in [5.41, 5.74) is 5.82. The Morgan fingerprint density at radius 2 is 1.90 bits per heavy atom. The highest BCUT2D eigenvalue weighted by molar-refractivity contribution is 5.75. The number of rotatable bonds is 3. The Labute approximate surface area is 164 Å². The lowest BCUT2D eigenvalue weighted by Crippen LogP contribution is -2.56. The van der Waals surface area contributed by atoms with E-state index in [1.165, 1.54) is 6.20 Å². The van der Waals surface area contributed by atoms with Crippen molar-refractivity contribution in [3.63, 3.8) is 0 Å². The predicted molar refractivity (Wildman–Crippen MR) is 95.1 cm³/mol. The number of carbonyl (C=O) groups is 1. The second kappa shape index (κ2) is 8.09. The molecule has 0 spiro atoms. The van der Waals surface area contributed by atoms with E-state index in [1.54, 1.807) is 16.8 Å². The molecule has 7 nitrogen and oxygen atoms in total. The lowest BCUT2D eigenvalue weighted by atomic mass is 9.96. The van der Waals surface area contributed by atoms with Gasteiger partial charge in [0.05, 0.1) is 36.6 Å². The van der Waals surface area contributed by atoms with E-state index in [9.17, 15) is 26.7 Å². The number of aromatic nitrogens is 3. The number of nitrogens with one attached hydrogen (secondary N) is 1. The topological polar surface area (TPSA) is 88.5 Å². The number of nitrogens with two attached hydrogens (primary N) is 1. The summed E-state index contributed by atoms with van der Waals surface area (Å²) in [6.07, 6.45) is -0.844. The van der Waals surface area contributed by atoms with Gasteiger partial charge in [-0.3, -0.25) is 0 Å². The Hall–Kier alpha value is -2.50. The normalized spacial score (nSPS) is 17.0. The zero-order chi connectivity index (χ0) is 22.0. The predicted octanol–water partition coefficient (Wildman–Crippen LogP) is 2.94. The highest BCUT2D eigenvalue weighted by Crippen LogP contribution is 2.36. The molecule has 1 saturated heterocycles. The van der Waals surface area contributed by atoms with E-state index in [2.05, 4.69) is 15.4 Å². The zero-order valence-corrected chi connectivity index (χ0v) is 16.2. The van der Waals surface area contributed by atoms with Crippen LogP contribution in [-0.2, 0) is 13.1 Å². The van der Waals surface area contributed by atoms with E-state index in [0.717, 1.165) is 25.7 Å². The first kappa shape index (κ1) is 22.8. The smallest absolute Gasteiger partial charge is 0.332 e. The number of alkyl halides is 5. The van der Waals surface area contributed by atoms with Crippen molar-refractivity contribution in [2.75, 3.05) is 13.1 Å². The number of carbonyl (C=O) groups excluding carboxylic acids is 1. The fourth-order valence-electron chi connectivity index (χ4n) is 2.22. The van der Waals surface area contributed by atoms with Gasteiger partial charge in [0.25, 0.3) is 5.92 Å². The van der Waals surface area contributed by atoms with Crippen LogP contribution >= 0.6 is 0 Å². The van der Waals surface area contributed by atoms with Gasteiger partial charge in [-0.15, -0.1) is 0 Å². The van der Waals surface area contributed by atoms with Crippen LogP contribution in [0.1, 0.15) is 32.0 Å². The van der Waals surface area contributed by atoms with Gasteiger partial charge in [-0.1, -0.05) is 20.8 Å². The van der Waals surface area contributed by atoms with Crippen LogP contribution in [0.4, 0.5) is 26.7 Å². The molecule has 0 aliphatic carbocycles. The SMILES string of the molecule is CC(C)(C)C(F)(F)F.NCc1cn2ncc(CN3CC(F)(F)CNC3=O)cc2n1. The molecular formula is C17H23F5N6O. The Bertz CT molecular complexity index is 846. The van der Waals surface area contributed by atoms with E-state index >= 15 is 0 Å². The zero-order valence-electron chi connectivity index (χ0n) is 16.2. The molecule has 1 fully saturated rings. The van der Waals surface area contributed by atoms with E-state index < -0.39 is 36.6 Å². The van der Waals surface area contributed by atoms with Crippen molar-refractivity contribution in [1.82, 2.24) is 24.8 Å². The Kier molecular flexibility index (Phi) is 6.36. The molecule has 1 aliphatic heterocycles. The van der Waals surface area contributed by atoms with E-state index in [0.29, 0.717) is 23.4 Å². The molecule has 0 atom stereocenters. The molecule has 1 aliphatic rings. The molecule has 3 N–H and O–H groups in total. The van der Waals surface area contributed by atoms with Gasteiger partial charge >= 0.3 is 12.2 Å². The van der Waals surface area contributed by atoms with Gasteiger partial charge in [-0.2, -0.15) is 18.3 Å². The molecule has 0 unspecified atom stereocenters. The number of nitrogens with zero attached hydrogens (tertiary/aromatic N) is 4. The van der Waals surface area contributed by atoms with Crippen LogP contribution in [-0.4, -0.2) is 50.7 Å². The number of hydrogen-bond donors (Lipinski definition) is 2. The summed E-state index contributed by atoms with van der Waals surface area (Å²) < 4.78 is 62.9. The first-order valence-corrected chi connectivity index (χ1v) is 8.72. The Balaban J connectivity index is 0.000000321. The van der Waals surface area contributed by atoms with Gasteiger partial charge in [-0.25, -0.2) is 23.1 Å². The number of fused-ring (bicyclic) bond motifs is 1. The fraction of sp³-hybridized carbons (Fsp3) is 0.588. The minimum absolute atomic E-state index is 0.0513. The summed E-state index contributed by atoms with van der Waals surface area (Å²) in [6.45, 7) is 2.55. The summed E-state index contributed by atoms with van der Waals surface area (Å²) in [4.78, 5) is 16.9. The lowest BCUT2D eigenvalue weighted by Gasteiger charge is -2.32. The number of hydrogen-bond acceptors (Lipinski definition) is 4. The third-order valence-electron chi connectivity index (χ3n) is 4.07. The molecule has 2 aromatic heterocycles. The second-order valence-electron chi connectivity index (χ2n) is 7.72. The first-order valence-electron chi connectivity index (χ1n) is 8.72. The number of urea groups is 1. The Morgan fingerprint density at radius 1 is 1.28 bits per heavy atom. The van der Waals surface area contributed by atoms with Gasteiger partial charge in [0.2, 0.25) is 0 Å². The molecule has 162 valence electrons. The molecule has 2 amide bonds. The average molecular weight is 422 g/mol. The highest BCUT2D eigenvalue weighted by Gasteiger charge is 2.43. The molecule has 12 heteroatoms. The van der Waals surface area contributed by atoms with Crippen LogP contribution in [0.15, 0.2) is 18.5 Å². The van der Waals surface area contributed by atoms with Crippen molar-refractivity contribution in [1.29, 1.82) is 0 Å². The van der Waals surface area contributed by atoms with Crippen molar-refractivity contribution in [3.8, 4) is 0 Å². The first-order chi connectivity index (χ1) is 13.2. The summed E-state index contributed by atoms with van der Waals surface area (Å²) in [6, 6.07) is 1.19. The van der Waals surface area contributed by atoms with Crippen molar-refractivity contribution >= 4 is 11.7 Å². The number of amides is 2. The van der Waals surface area contributed by atoms with E-state index in [4.69, 9.17) is 5.73 Å². The third kappa shape index (κ3) is 5.99. The van der Waals surface area contributed by atoms with Crippen molar-refractivity contribution < 1.29 is 26.7 Å². The van der Waals surface area contributed by atoms with Gasteiger partial charge in [0, 0.05) is 13.1 Å². The molecule has 2 aromatic rings. The largest absolute Gasteiger partial charge is 0.393 e. The standard InChI is InChI=1S/C12H14F2N6O.C5H9F3/c13-12(14)6-16-11(21)19(7-12)4-8-1-10-18-9(2-15)5-20(10)17-3-8;1-4(2,3)5(6,7)8/h1,3,5H,2,4,6-7,15H2,(H,16,21);1-3H3. The quantitative estimate of drug-likeness (QED) is 0.745. The van der Waals surface area contributed by atoms with Crippen molar-refractivity contribution in [2.45, 2.75) is 46.0 Å². The van der Waals surface area contributed by atoms with Crippen LogP contribution in [0.5, 0.6) is 0 Å². The maximum Gasteiger partial charge on any atom is 0.393 e. The molecule has 3 heterocycles. The molecule has 0 bridgehead atoms. The van der Waals surface area contributed by atoms with Crippen LogP contribution in [0.25, 0.3) is 5.65 Å². The summed E-state index contributed by atoms with van der Waals surface area (Å²) in [5, 5.41) is 6.30. The molecule has 0 radical (unpaired) electrons. The van der Waals surface area contributed by atoms with Gasteiger partial charge in [0.15, 0.2) is 5.65 Å². The molecule has 29 heavy (non-hydrogen) atoms. The minimum atomic E-state index is -4.06. The molecule has 0 aromatic carbocycles. The second-order valence-corrected chi connectivity index (χ2v) is 7.72. The van der Waals surface area contributed by atoms with Gasteiger partial charge < -0.3 is 16.0 Å². The molecular weight excluding hydrogens is 399 g/mol. The van der Waals surface area contributed by atoms with Crippen LogP contribution < -0.4 is 11.1 Å². The van der Waals surface area contributed by atoms with Crippen LogP contribution in [0, 0.1) is 5.41 Å². The Morgan fingerprint density at radius 3 is 2.45 bits per heavy atom. The fourth-order valence-corrected chi connectivity index (χ4v) is 2.22. The third-order valence-corrected chi connectivity index (χ3v) is 4.07. The monoisotopic (exact) mass is 422 g/mol. The maximum atomic E-state index is 13.3. The van der Waals surface area contributed by atoms with Gasteiger partial charge in [-0.05, 0) is 11.6 Å².